The van der Waals surface area contributed by atoms with Crippen molar-refractivity contribution in [3.8, 4) is 0 Å². The molecule has 2 rings (SSSR count). The highest BCUT2D eigenvalue weighted by Crippen LogP contribution is 2.32. The van der Waals surface area contributed by atoms with Gasteiger partial charge in [-0.15, -0.1) is 0 Å². The second kappa shape index (κ2) is 6.49. The zero-order chi connectivity index (χ0) is 13.9. The van der Waals surface area contributed by atoms with Gasteiger partial charge in [-0.3, -0.25) is 4.99 Å². The van der Waals surface area contributed by atoms with Gasteiger partial charge in [-0.2, -0.15) is 0 Å². The lowest BCUT2D eigenvalue weighted by Crippen LogP contribution is -2.47. The fourth-order valence-electron chi connectivity index (χ4n) is 2.88. The molecule has 0 amide bonds. The number of thioether (sulfide) groups is 1. The zero-order valence-electron chi connectivity index (χ0n) is 12.7. The van der Waals surface area contributed by atoms with E-state index in [1.165, 1.54) is 0 Å². The Balaban J connectivity index is 1.91. The molecule has 19 heavy (non-hydrogen) atoms. The third-order valence-corrected chi connectivity index (χ3v) is 5.56. The number of amidine groups is 1. The summed E-state index contributed by atoms with van der Waals surface area (Å²) in [7, 11) is 0. The molecular formula is C15H28N2OS. The van der Waals surface area contributed by atoms with Gasteiger partial charge in [0.1, 0.15) is 0 Å². The smallest absolute Gasteiger partial charge is 0.157 e. The molecule has 1 unspecified atom stereocenters. The molecule has 110 valence electrons. The molecule has 0 aromatic heterocycles. The summed E-state index contributed by atoms with van der Waals surface area (Å²) in [5.74, 6) is 1.78. The van der Waals surface area contributed by atoms with Gasteiger partial charge < -0.3 is 10.1 Å². The van der Waals surface area contributed by atoms with E-state index in [0.717, 1.165) is 43.2 Å². The van der Waals surface area contributed by atoms with Crippen LogP contribution < -0.4 is 5.32 Å². The van der Waals surface area contributed by atoms with Crippen LogP contribution >= 0.6 is 11.8 Å². The normalized spacial score (nSPS) is 30.5. The molecule has 0 saturated carbocycles. The molecule has 3 nitrogen and oxygen atoms in total. The second-order valence-electron chi connectivity index (χ2n) is 6.13. The summed E-state index contributed by atoms with van der Waals surface area (Å²) in [5, 5.41) is 4.82. The van der Waals surface area contributed by atoms with Crippen LogP contribution in [0.2, 0.25) is 0 Å². The van der Waals surface area contributed by atoms with Crippen LogP contribution in [0, 0.1) is 5.92 Å². The van der Waals surface area contributed by atoms with Crippen molar-refractivity contribution in [1.82, 2.24) is 5.32 Å². The number of nitrogens with zero attached hydrogens (tertiary/aromatic N) is 1. The third kappa shape index (κ3) is 3.66. The average molecular weight is 284 g/mol. The molecule has 0 aromatic carbocycles. The molecule has 0 spiro atoms. The first-order valence-electron chi connectivity index (χ1n) is 7.69. The quantitative estimate of drug-likeness (QED) is 0.858. The topological polar surface area (TPSA) is 33.6 Å². The number of hydrogen-bond acceptors (Lipinski definition) is 4. The molecule has 0 radical (unpaired) electrons. The summed E-state index contributed by atoms with van der Waals surface area (Å²) < 4.78 is 6.03. The van der Waals surface area contributed by atoms with E-state index in [1.807, 2.05) is 11.8 Å². The maximum Gasteiger partial charge on any atom is 0.157 e. The Morgan fingerprint density at radius 1 is 1.42 bits per heavy atom. The minimum Gasteiger partial charge on any atom is -0.375 e. The maximum atomic E-state index is 6.03. The standard InChI is InChI=1S/C15H28N2OS/c1-5-15(6-2)9-12(7-8-18-15)16-14-17-13(10-19-14)11(3)4/h11-13H,5-10H2,1-4H3,(H,16,17)/t12?,13-/m1/s1. The van der Waals surface area contributed by atoms with Crippen LogP contribution in [0.5, 0.6) is 0 Å². The first-order chi connectivity index (χ1) is 9.08. The summed E-state index contributed by atoms with van der Waals surface area (Å²) in [6.07, 6.45) is 4.44. The van der Waals surface area contributed by atoms with Crippen LogP contribution in [-0.2, 0) is 4.74 Å². The van der Waals surface area contributed by atoms with Gasteiger partial charge in [-0.1, -0.05) is 39.5 Å². The van der Waals surface area contributed by atoms with Crippen molar-refractivity contribution in [2.75, 3.05) is 12.4 Å². The molecule has 4 heteroatoms. The Morgan fingerprint density at radius 3 is 2.74 bits per heavy atom. The average Bonchev–Trinajstić information content (AvgIpc) is 2.87. The van der Waals surface area contributed by atoms with Crippen molar-refractivity contribution in [3.05, 3.63) is 0 Å². The fraction of sp³-hybridized carbons (Fsp3) is 0.933. The van der Waals surface area contributed by atoms with E-state index >= 15 is 0 Å². The molecule has 1 saturated heterocycles. The van der Waals surface area contributed by atoms with E-state index in [2.05, 4.69) is 33.0 Å². The lowest BCUT2D eigenvalue weighted by Gasteiger charge is -2.40. The van der Waals surface area contributed by atoms with Crippen LogP contribution in [0.1, 0.15) is 53.4 Å². The van der Waals surface area contributed by atoms with Gasteiger partial charge in [-0.25, -0.2) is 0 Å². The highest BCUT2D eigenvalue weighted by atomic mass is 32.2. The predicted molar refractivity (Wildman–Crippen MR) is 83.9 cm³/mol. The fourth-order valence-corrected chi connectivity index (χ4v) is 4.13. The molecular weight excluding hydrogens is 256 g/mol. The van der Waals surface area contributed by atoms with E-state index in [9.17, 15) is 0 Å². The predicted octanol–water partition coefficient (Wildman–Crippen LogP) is 3.44. The molecule has 0 aliphatic carbocycles. The summed E-state index contributed by atoms with van der Waals surface area (Å²) in [4.78, 5) is 4.81. The van der Waals surface area contributed by atoms with Crippen molar-refractivity contribution in [3.63, 3.8) is 0 Å². The van der Waals surface area contributed by atoms with Gasteiger partial charge in [0, 0.05) is 18.4 Å². The molecule has 1 N–H and O–H groups in total. The van der Waals surface area contributed by atoms with E-state index < -0.39 is 0 Å². The van der Waals surface area contributed by atoms with Crippen molar-refractivity contribution < 1.29 is 4.74 Å². The first kappa shape index (κ1) is 15.2. The molecule has 2 aliphatic rings. The minimum atomic E-state index is 0.0944. The summed E-state index contributed by atoms with van der Waals surface area (Å²) >= 11 is 1.89. The first-order valence-corrected chi connectivity index (χ1v) is 8.68. The molecule has 2 atom stereocenters. The Hall–Kier alpha value is -0.220. The number of aliphatic imine (C=N–C) groups is 1. The third-order valence-electron chi connectivity index (χ3n) is 4.55. The van der Waals surface area contributed by atoms with Crippen LogP contribution in [0.3, 0.4) is 0 Å². The zero-order valence-corrected chi connectivity index (χ0v) is 13.6. The summed E-state index contributed by atoms with van der Waals surface area (Å²) in [5.41, 5.74) is 0.0944. The van der Waals surface area contributed by atoms with Gasteiger partial charge in [0.05, 0.1) is 11.6 Å². The number of hydrogen-bond donors (Lipinski definition) is 1. The minimum absolute atomic E-state index is 0.0944. The van der Waals surface area contributed by atoms with Crippen LogP contribution in [-0.4, -0.2) is 35.2 Å². The summed E-state index contributed by atoms with van der Waals surface area (Å²) in [6, 6.07) is 1.03. The molecule has 0 bridgehead atoms. The van der Waals surface area contributed by atoms with Gasteiger partial charge >= 0.3 is 0 Å². The van der Waals surface area contributed by atoms with Crippen molar-refractivity contribution in [2.24, 2.45) is 10.9 Å². The van der Waals surface area contributed by atoms with Crippen molar-refractivity contribution >= 4 is 16.9 Å². The van der Waals surface area contributed by atoms with Gasteiger partial charge in [-0.05, 0) is 31.6 Å². The van der Waals surface area contributed by atoms with E-state index in [1.54, 1.807) is 0 Å². The lowest BCUT2D eigenvalue weighted by atomic mass is 9.86. The number of rotatable bonds is 4. The van der Waals surface area contributed by atoms with Crippen molar-refractivity contribution in [1.29, 1.82) is 0 Å². The van der Waals surface area contributed by atoms with Crippen LogP contribution in [0.25, 0.3) is 0 Å². The Morgan fingerprint density at radius 2 is 2.16 bits per heavy atom. The van der Waals surface area contributed by atoms with E-state index in [4.69, 9.17) is 9.73 Å². The van der Waals surface area contributed by atoms with Crippen molar-refractivity contribution in [2.45, 2.75) is 71.1 Å². The number of ether oxygens (including phenoxy) is 1. The Kier molecular flexibility index (Phi) is 5.18. The monoisotopic (exact) mass is 284 g/mol. The maximum absolute atomic E-state index is 6.03. The van der Waals surface area contributed by atoms with Crippen LogP contribution in [0.15, 0.2) is 4.99 Å². The highest BCUT2D eigenvalue weighted by Gasteiger charge is 2.35. The molecule has 2 heterocycles. The van der Waals surface area contributed by atoms with Gasteiger partial charge in [0.25, 0.3) is 0 Å². The Bertz CT molecular complexity index is 326. The highest BCUT2D eigenvalue weighted by molar-refractivity contribution is 8.14. The summed E-state index contributed by atoms with van der Waals surface area (Å²) in [6.45, 7) is 9.87. The van der Waals surface area contributed by atoms with Crippen LogP contribution in [0.4, 0.5) is 0 Å². The van der Waals surface area contributed by atoms with Gasteiger partial charge in [0.15, 0.2) is 5.17 Å². The molecule has 0 aromatic rings. The molecule has 2 aliphatic heterocycles. The molecule has 1 fully saturated rings. The number of nitrogens with one attached hydrogen (secondary N) is 1. The Labute approximate surface area is 122 Å². The van der Waals surface area contributed by atoms with Gasteiger partial charge in [0.2, 0.25) is 0 Å². The SMILES string of the molecule is CCC1(CC)CC(NC2=N[C@@H](C(C)C)CS2)CCO1. The van der Waals surface area contributed by atoms with E-state index in [0.29, 0.717) is 18.0 Å². The largest absolute Gasteiger partial charge is 0.375 e. The van der Waals surface area contributed by atoms with E-state index in [-0.39, 0.29) is 5.60 Å². The lowest BCUT2D eigenvalue weighted by molar-refractivity contribution is -0.0909. The second-order valence-corrected chi connectivity index (χ2v) is 7.14.